The smallest absolute Gasteiger partial charge is 0.264 e. The molecular weight excluding hydrogens is 428 g/mol. The van der Waals surface area contributed by atoms with E-state index in [-0.39, 0.29) is 23.4 Å². The van der Waals surface area contributed by atoms with E-state index in [4.69, 9.17) is 5.84 Å². The number of Topliss-reactive ketones (excluding diaryl/α,β-unsaturated/α-hetero) is 1. The molecule has 1 amide bonds. The van der Waals surface area contributed by atoms with E-state index in [0.29, 0.717) is 16.4 Å². The molecule has 0 aliphatic carbocycles. The first-order chi connectivity index (χ1) is 15.3. The van der Waals surface area contributed by atoms with Crippen LogP contribution in [0.3, 0.4) is 0 Å². The summed E-state index contributed by atoms with van der Waals surface area (Å²) in [6.45, 7) is 1.49. The van der Waals surface area contributed by atoms with Gasteiger partial charge in [0, 0.05) is 31.0 Å². The molecule has 0 atom stereocenters. The topological polar surface area (TPSA) is 131 Å². The highest BCUT2D eigenvalue weighted by Gasteiger charge is 2.12. The van der Waals surface area contributed by atoms with Crippen LogP contribution in [0.15, 0.2) is 58.8 Å². The zero-order valence-corrected chi connectivity index (χ0v) is 18.8. The van der Waals surface area contributed by atoms with Crippen LogP contribution >= 0.6 is 11.8 Å². The number of hydrogen-bond acceptors (Lipinski definition) is 9. The van der Waals surface area contributed by atoms with E-state index in [9.17, 15) is 9.59 Å². The van der Waals surface area contributed by atoms with Crippen LogP contribution < -0.4 is 21.5 Å². The molecule has 0 bridgehead atoms. The van der Waals surface area contributed by atoms with E-state index in [1.165, 1.54) is 11.6 Å². The SMILES string of the molecule is CC(=O)c1ccc(NC(=O)CSc2nnc(N/N=C/c3ccc(N(C)C)cc3)n2N)cc1. The number of carbonyl (C=O) groups is 2. The summed E-state index contributed by atoms with van der Waals surface area (Å²) >= 11 is 1.14. The first-order valence-electron chi connectivity index (χ1n) is 9.64. The van der Waals surface area contributed by atoms with Crippen LogP contribution in [0, 0.1) is 0 Å². The van der Waals surface area contributed by atoms with Crippen molar-refractivity contribution in [1.29, 1.82) is 0 Å². The third kappa shape index (κ3) is 6.08. The maximum absolute atomic E-state index is 12.2. The average molecular weight is 453 g/mol. The van der Waals surface area contributed by atoms with Gasteiger partial charge in [-0.2, -0.15) is 5.10 Å². The first kappa shape index (κ1) is 22.8. The Morgan fingerprint density at radius 3 is 2.44 bits per heavy atom. The largest absolute Gasteiger partial charge is 0.378 e. The minimum atomic E-state index is -0.234. The Balaban J connectivity index is 1.50. The van der Waals surface area contributed by atoms with Crippen LogP contribution in [-0.4, -0.2) is 52.6 Å². The Labute approximate surface area is 189 Å². The quantitative estimate of drug-likeness (QED) is 0.148. The second-order valence-corrected chi connectivity index (χ2v) is 7.95. The molecule has 0 spiro atoms. The Morgan fingerprint density at radius 1 is 1.12 bits per heavy atom. The molecule has 1 aromatic heterocycles. The molecule has 2 aromatic carbocycles. The van der Waals surface area contributed by atoms with Gasteiger partial charge in [-0.3, -0.25) is 9.59 Å². The molecule has 11 heteroatoms. The van der Waals surface area contributed by atoms with Crippen LogP contribution in [0.1, 0.15) is 22.8 Å². The van der Waals surface area contributed by atoms with Crippen molar-refractivity contribution in [3.8, 4) is 0 Å². The number of nitrogen functional groups attached to an aromatic ring is 1. The van der Waals surface area contributed by atoms with E-state index in [1.807, 2.05) is 43.3 Å². The standard InChI is InChI=1S/C21H24N8O2S/c1-14(30)16-6-8-17(9-7-16)24-19(31)13-32-21-27-26-20(29(21)22)25-23-12-15-4-10-18(11-5-15)28(2)3/h4-12H,13,22H2,1-3H3,(H,24,31)(H,25,26)/b23-12+. The van der Waals surface area contributed by atoms with E-state index in [1.54, 1.807) is 30.5 Å². The van der Waals surface area contributed by atoms with Gasteiger partial charge in [-0.25, -0.2) is 10.1 Å². The molecular formula is C21H24N8O2S. The molecule has 4 N–H and O–H groups in total. The number of hydrogen-bond donors (Lipinski definition) is 3. The fourth-order valence-corrected chi connectivity index (χ4v) is 3.25. The minimum absolute atomic E-state index is 0.0308. The van der Waals surface area contributed by atoms with E-state index >= 15 is 0 Å². The molecule has 0 aliphatic rings. The maximum Gasteiger partial charge on any atom is 0.264 e. The van der Waals surface area contributed by atoms with Gasteiger partial charge < -0.3 is 16.1 Å². The van der Waals surface area contributed by atoms with Crippen LogP contribution in [0.25, 0.3) is 0 Å². The number of nitrogens with two attached hydrogens (primary N) is 1. The lowest BCUT2D eigenvalue weighted by Gasteiger charge is -2.11. The van der Waals surface area contributed by atoms with Gasteiger partial charge in [-0.1, -0.05) is 23.9 Å². The number of benzene rings is 2. The van der Waals surface area contributed by atoms with Crippen molar-refractivity contribution in [3.63, 3.8) is 0 Å². The van der Waals surface area contributed by atoms with Crippen molar-refractivity contribution >= 4 is 47.0 Å². The van der Waals surface area contributed by atoms with Gasteiger partial charge in [0.15, 0.2) is 5.78 Å². The summed E-state index contributed by atoms with van der Waals surface area (Å²) in [6.07, 6.45) is 1.64. The van der Waals surface area contributed by atoms with E-state index < -0.39 is 0 Å². The van der Waals surface area contributed by atoms with E-state index in [0.717, 1.165) is 23.0 Å². The number of thioether (sulfide) groups is 1. The molecule has 0 fully saturated rings. The Bertz CT molecular complexity index is 1110. The lowest BCUT2D eigenvalue weighted by atomic mass is 10.1. The lowest BCUT2D eigenvalue weighted by Crippen LogP contribution is -2.17. The average Bonchev–Trinajstić information content (AvgIpc) is 3.12. The number of ketones is 1. The van der Waals surface area contributed by atoms with Crippen molar-refractivity contribution < 1.29 is 9.59 Å². The van der Waals surface area contributed by atoms with Gasteiger partial charge in [0.1, 0.15) is 0 Å². The molecule has 0 saturated heterocycles. The lowest BCUT2D eigenvalue weighted by molar-refractivity contribution is -0.113. The van der Waals surface area contributed by atoms with Gasteiger partial charge in [0.25, 0.3) is 5.95 Å². The summed E-state index contributed by atoms with van der Waals surface area (Å²) in [5.41, 5.74) is 5.93. The highest BCUT2D eigenvalue weighted by atomic mass is 32.2. The van der Waals surface area contributed by atoms with Gasteiger partial charge >= 0.3 is 0 Å². The van der Waals surface area contributed by atoms with Crippen molar-refractivity contribution in [2.24, 2.45) is 5.10 Å². The molecule has 32 heavy (non-hydrogen) atoms. The Kier molecular flexibility index (Phi) is 7.45. The number of hydrazone groups is 1. The van der Waals surface area contributed by atoms with Gasteiger partial charge in [0.05, 0.1) is 12.0 Å². The second-order valence-electron chi connectivity index (χ2n) is 7.00. The Hall–Kier alpha value is -3.86. The van der Waals surface area contributed by atoms with Crippen LogP contribution in [0.2, 0.25) is 0 Å². The highest BCUT2D eigenvalue weighted by Crippen LogP contribution is 2.18. The first-order valence-corrected chi connectivity index (χ1v) is 10.6. The van der Waals surface area contributed by atoms with Crippen LogP contribution in [0.4, 0.5) is 17.3 Å². The molecule has 0 aliphatic heterocycles. The summed E-state index contributed by atoms with van der Waals surface area (Å²) in [5, 5.41) is 15.2. The molecule has 3 rings (SSSR count). The number of carbonyl (C=O) groups excluding carboxylic acids is 2. The summed E-state index contributed by atoms with van der Waals surface area (Å²) in [4.78, 5) is 25.5. The molecule has 10 nitrogen and oxygen atoms in total. The van der Waals surface area contributed by atoms with Crippen molar-refractivity contribution in [2.45, 2.75) is 12.1 Å². The third-order valence-corrected chi connectivity index (χ3v) is 5.30. The molecule has 0 radical (unpaired) electrons. The predicted octanol–water partition coefficient (Wildman–Crippen LogP) is 2.44. The number of aromatic nitrogens is 3. The van der Waals surface area contributed by atoms with E-state index in [2.05, 4.69) is 26.0 Å². The number of amides is 1. The number of rotatable bonds is 9. The fraction of sp³-hybridized carbons (Fsp3) is 0.190. The fourth-order valence-electron chi connectivity index (χ4n) is 2.59. The van der Waals surface area contributed by atoms with Gasteiger partial charge in [-0.15, -0.1) is 10.2 Å². The van der Waals surface area contributed by atoms with Gasteiger partial charge in [0.2, 0.25) is 11.1 Å². The van der Waals surface area contributed by atoms with Crippen molar-refractivity contribution in [1.82, 2.24) is 14.9 Å². The second kappa shape index (κ2) is 10.4. The molecule has 166 valence electrons. The molecule has 0 unspecified atom stereocenters. The predicted molar refractivity (Wildman–Crippen MR) is 128 cm³/mol. The van der Waals surface area contributed by atoms with Crippen LogP contribution in [0.5, 0.6) is 0 Å². The van der Waals surface area contributed by atoms with Gasteiger partial charge in [-0.05, 0) is 48.9 Å². The molecule has 0 saturated carbocycles. The summed E-state index contributed by atoms with van der Waals surface area (Å²) in [7, 11) is 3.95. The minimum Gasteiger partial charge on any atom is -0.378 e. The monoisotopic (exact) mass is 452 g/mol. The summed E-state index contributed by atoms with van der Waals surface area (Å²) < 4.78 is 1.23. The molecule has 1 heterocycles. The van der Waals surface area contributed by atoms with Crippen LogP contribution in [-0.2, 0) is 4.79 Å². The number of nitrogens with zero attached hydrogens (tertiary/aromatic N) is 5. The van der Waals surface area contributed by atoms with Crippen molar-refractivity contribution in [3.05, 3.63) is 59.7 Å². The zero-order chi connectivity index (χ0) is 23.1. The highest BCUT2D eigenvalue weighted by molar-refractivity contribution is 7.99. The number of nitrogens with one attached hydrogen (secondary N) is 2. The summed E-state index contributed by atoms with van der Waals surface area (Å²) in [5.74, 6) is 6.05. The Morgan fingerprint density at radius 2 is 1.81 bits per heavy atom. The normalized spacial score (nSPS) is 10.8. The third-order valence-electron chi connectivity index (χ3n) is 4.36. The number of anilines is 3. The van der Waals surface area contributed by atoms with Crippen molar-refractivity contribution in [2.75, 3.05) is 41.3 Å². The summed E-state index contributed by atoms with van der Waals surface area (Å²) in [6, 6.07) is 14.6. The molecule has 3 aromatic rings. The maximum atomic E-state index is 12.2. The zero-order valence-electron chi connectivity index (χ0n) is 17.9.